The van der Waals surface area contributed by atoms with Gasteiger partial charge in [0.15, 0.2) is 0 Å². The second-order valence-electron chi connectivity index (χ2n) is 8.51. The summed E-state index contributed by atoms with van der Waals surface area (Å²) in [6.07, 6.45) is 2.58. The number of benzene rings is 2. The van der Waals surface area contributed by atoms with Crippen LogP contribution in [0.2, 0.25) is 0 Å². The summed E-state index contributed by atoms with van der Waals surface area (Å²) in [5.41, 5.74) is 7.27. The van der Waals surface area contributed by atoms with Gasteiger partial charge in [0.2, 0.25) is 0 Å². The summed E-state index contributed by atoms with van der Waals surface area (Å²) in [6.45, 7) is 17.5. The lowest BCUT2D eigenvalue weighted by atomic mass is 9.77. The molecular weight excluding hydrogens is 363 g/mol. The molecule has 0 heterocycles. The predicted octanol–water partition coefficient (Wildman–Crippen LogP) is 8.01. The van der Waals surface area contributed by atoms with Crippen LogP contribution in [0.4, 0.5) is 4.39 Å². The van der Waals surface area contributed by atoms with E-state index in [0.717, 1.165) is 39.0 Å². The molecule has 0 spiro atoms. The van der Waals surface area contributed by atoms with Crippen LogP contribution in [0.5, 0.6) is 0 Å². The van der Waals surface area contributed by atoms with Crippen LogP contribution in [0.25, 0.3) is 11.1 Å². The molecule has 0 nitrogen and oxygen atoms in total. The summed E-state index contributed by atoms with van der Waals surface area (Å²) >= 11 is 4.98. The van der Waals surface area contributed by atoms with Gasteiger partial charge in [-0.15, -0.1) is 0 Å². The minimum atomic E-state index is -1.50. The summed E-state index contributed by atoms with van der Waals surface area (Å²) in [5.74, 6) is 0. The van der Waals surface area contributed by atoms with Gasteiger partial charge in [-0.1, -0.05) is 65.8 Å². The number of thiol groups is 1. The number of halogens is 1. The van der Waals surface area contributed by atoms with Crippen molar-refractivity contribution in [3.63, 3.8) is 0 Å². The van der Waals surface area contributed by atoms with Crippen molar-refractivity contribution in [2.45, 2.75) is 65.3 Å². The van der Waals surface area contributed by atoms with Crippen LogP contribution >= 0.6 is 12.6 Å². The lowest BCUT2D eigenvalue weighted by Crippen LogP contribution is -2.40. The Morgan fingerprint density at radius 2 is 1.64 bits per heavy atom. The van der Waals surface area contributed by atoms with Crippen molar-refractivity contribution in [1.82, 2.24) is 0 Å². The maximum atomic E-state index is 15.5. The zero-order chi connectivity index (χ0) is 21.3. The number of alkyl halides is 1. The minimum absolute atomic E-state index is 0.505. The van der Waals surface area contributed by atoms with Gasteiger partial charge in [0.1, 0.15) is 5.67 Å². The first kappa shape index (κ1) is 22.5. The number of hydrogen-bond acceptors (Lipinski definition) is 1. The molecule has 2 heteroatoms. The molecule has 1 unspecified atom stereocenters. The Balaban J connectivity index is 2.54. The van der Waals surface area contributed by atoms with Gasteiger partial charge in [-0.2, -0.15) is 12.6 Å². The third kappa shape index (κ3) is 4.60. The zero-order valence-electron chi connectivity index (χ0n) is 18.3. The summed E-state index contributed by atoms with van der Waals surface area (Å²) in [6, 6.07) is 12.6. The Morgan fingerprint density at radius 1 is 1.07 bits per heavy atom. The molecule has 0 N–H and O–H groups in total. The molecule has 0 aliphatic rings. The summed E-state index contributed by atoms with van der Waals surface area (Å²) < 4.78 is 14.6. The first-order valence-corrected chi connectivity index (χ1v) is 10.3. The van der Waals surface area contributed by atoms with E-state index in [1.54, 1.807) is 13.8 Å². The zero-order valence-corrected chi connectivity index (χ0v) is 19.2. The Kier molecular flexibility index (Phi) is 6.66. The van der Waals surface area contributed by atoms with Crippen molar-refractivity contribution in [1.29, 1.82) is 0 Å². The maximum absolute atomic E-state index is 15.5. The monoisotopic (exact) mass is 396 g/mol. The molecule has 0 radical (unpaired) electrons. The molecule has 0 bridgehead atoms. The van der Waals surface area contributed by atoms with Crippen molar-refractivity contribution in [3.05, 3.63) is 82.4 Å². The first-order chi connectivity index (χ1) is 12.9. The highest BCUT2D eigenvalue weighted by Gasteiger charge is 2.45. The van der Waals surface area contributed by atoms with Gasteiger partial charge < -0.3 is 0 Å². The highest BCUT2D eigenvalue weighted by molar-refractivity contribution is 7.81. The van der Waals surface area contributed by atoms with Crippen LogP contribution in [0, 0.1) is 20.8 Å². The van der Waals surface area contributed by atoms with E-state index in [9.17, 15) is 0 Å². The van der Waals surface area contributed by atoms with Crippen LogP contribution in [-0.2, 0) is 4.75 Å². The molecule has 2 rings (SSSR count). The van der Waals surface area contributed by atoms with Crippen molar-refractivity contribution in [2.24, 2.45) is 0 Å². The van der Waals surface area contributed by atoms with Crippen LogP contribution in [-0.4, -0.2) is 5.67 Å². The van der Waals surface area contributed by atoms with Gasteiger partial charge in [0.05, 0.1) is 4.75 Å². The lowest BCUT2D eigenvalue weighted by molar-refractivity contribution is 0.153. The second-order valence-corrected chi connectivity index (χ2v) is 9.27. The van der Waals surface area contributed by atoms with Crippen LogP contribution in [0.1, 0.15) is 67.5 Å². The van der Waals surface area contributed by atoms with Gasteiger partial charge in [-0.3, -0.25) is 0 Å². The van der Waals surface area contributed by atoms with Crippen LogP contribution in [0.3, 0.4) is 0 Å². The van der Waals surface area contributed by atoms with Gasteiger partial charge in [0, 0.05) is 0 Å². The molecule has 0 amide bonds. The first-order valence-electron chi connectivity index (χ1n) is 9.81. The molecule has 150 valence electrons. The van der Waals surface area contributed by atoms with E-state index in [0.29, 0.717) is 6.42 Å². The topological polar surface area (TPSA) is 0 Å². The highest BCUT2D eigenvalue weighted by Crippen LogP contribution is 2.48. The summed E-state index contributed by atoms with van der Waals surface area (Å²) in [7, 11) is 0. The molecule has 0 saturated carbocycles. The largest absolute Gasteiger partial charge is 0.243 e. The van der Waals surface area contributed by atoms with E-state index in [1.807, 2.05) is 27.7 Å². The average molecular weight is 397 g/mol. The Bertz CT molecular complexity index is 894. The van der Waals surface area contributed by atoms with Gasteiger partial charge >= 0.3 is 0 Å². The van der Waals surface area contributed by atoms with E-state index in [-0.39, 0.29) is 0 Å². The van der Waals surface area contributed by atoms with E-state index in [2.05, 4.69) is 56.0 Å². The Morgan fingerprint density at radius 3 is 2.07 bits per heavy atom. The molecule has 2 aromatic carbocycles. The fourth-order valence-electron chi connectivity index (χ4n) is 3.86. The normalized spacial score (nSPS) is 14.7. The lowest BCUT2D eigenvalue weighted by Gasteiger charge is -2.39. The fourth-order valence-corrected chi connectivity index (χ4v) is 4.16. The van der Waals surface area contributed by atoms with E-state index in [1.165, 1.54) is 5.56 Å². The molecule has 0 aliphatic carbocycles. The number of aryl methyl sites for hydroxylation is 3. The molecule has 0 aromatic heterocycles. The average Bonchev–Trinajstić information content (AvgIpc) is 2.57. The molecule has 0 saturated heterocycles. The third-order valence-electron chi connectivity index (χ3n) is 5.53. The minimum Gasteiger partial charge on any atom is -0.243 e. The van der Waals surface area contributed by atoms with Crippen molar-refractivity contribution in [2.75, 3.05) is 0 Å². The van der Waals surface area contributed by atoms with Crippen LogP contribution < -0.4 is 0 Å². The van der Waals surface area contributed by atoms with Gasteiger partial charge in [-0.25, -0.2) is 4.39 Å². The standard InChI is InChI=1S/C26H33FS/c1-9-21(22-10-11-24(17(2)3)20(6)15-22)16-26(28,25(7,8)27)23-13-18(4)12-19(5)14-23/h9-15,28H,2,16H2,1,3-8H3/b21-9+. The van der Waals surface area contributed by atoms with E-state index >= 15 is 4.39 Å². The van der Waals surface area contributed by atoms with Gasteiger partial charge in [-0.05, 0) is 82.7 Å². The number of allylic oxidation sites excluding steroid dienone is 3. The smallest absolute Gasteiger partial charge is 0.124 e. The van der Waals surface area contributed by atoms with Crippen molar-refractivity contribution >= 4 is 23.8 Å². The maximum Gasteiger partial charge on any atom is 0.124 e. The predicted molar refractivity (Wildman–Crippen MR) is 126 cm³/mol. The quantitative estimate of drug-likeness (QED) is 0.470. The fraction of sp³-hybridized carbons (Fsp3) is 0.385. The van der Waals surface area contributed by atoms with E-state index < -0.39 is 10.4 Å². The highest BCUT2D eigenvalue weighted by atomic mass is 32.1. The molecule has 1 atom stereocenters. The third-order valence-corrected chi connectivity index (χ3v) is 6.48. The van der Waals surface area contributed by atoms with Crippen molar-refractivity contribution in [3.8, 4) is 0 Å². The van der Waals surface area contributed by atoms with E-state index in [4.69, 9.17) is 12.6 Å². The SMILES string of the molecule is C=C(C)c1ccc(/C(=C/C)CC(S)(c2cc(C)cc(C)c2)C(C)(C)F)cc1C. The second kappa shape index (κ2) is 8.29. The van der Waals surface area contributed by atoms with Crippen LogP contribution in [0.15, 0.2) is 49.1 Å². The number of rotatable bonds is 6. The van der Waals surface area contributed by atoms with Crippen molar-refractivity contribution < 1.29 is 4.39 Å². The molecule has 2 aromatic rings. The molecule has 0 fully saturated rings. The van der Waals surface area contributed by atoms with Gasteiger partial charge in [0.25, 0.3) is 0 Å². The summed E-state index contributed by atoms with van der Waals surface area (Å²) in [4.78, 5) is 0. The Labute approximate surface area is 176 Å². The summed E-state index contributed by atoms with van der Waals surface area (Å²) in [5, 5.41) is 0. The Hall–Kier alpha value is -1.80. The number of hydrogen-bond donors (Lipinski definition) is 1. The molecular formula is C26H33FS. The molecule has 28 heavy (non-hydrogen) atoms. The molecule has 0 aliphatic heterocycles.